The molecule has 1 aromatic heterocycles. The average molecular weight is 227 g/mol. The van der Waals surface area contributed by atoms with Gasteiger partial charge in [0.1, 0.15) is 0 Å². The summed E-state index contributed by atoms with van der Waals surface area (Å²) in [5.74, 6) is 0. The molecule has 3 heteroatoms. The average Bonchev–Trinajstić information content (AvgIpc) is 2.50. The standard InChI is InChI=1S/C11H17NS2/c1-7(2)12-10-6-8(3)14-11-9(10)4-5-13-11/h4-5,7-8,10,12H,6H2,1-3H3/t8-,10?/m0/s1. The Bertz CT molecular complexity index is 306. The van der Waals surface area contributed by atoms with Gasteiger partial charge in [0.2, 0.25) is 0 Å². The van der Waals surface area contributed by atoms with Crippen molar-refractivity contribution in [3.63, 3.8) is 0 Å². The first-order valence-corrected chi connectivity index (χ1v) is 6.93. The molecule has 2 atom stereocenters. The van der Waals surface area contributed by atoms with Gasteiger partial charge in [-0.3, -0.25) is 0 Å². The van der Waals surface area contributed by atoms with Crippen LogP contribution in [-0.4, -0.2) is 11.3 Å². The van der Waals surface area contributed by atoms with E-state index >= 15 is 0 Å². The molecule has 0 saturated heterocycles. The van der Waals surface area contributed by atoms with Crippen LogP contribution in [0.2, 0.25) is 0 Å². The molecule has 1 aliphatic rings. The normalized spacial score (nSPS) is 26.6. The number of rotatable bonds is 2. The van der Waals surface area contributed by atoms with Gasteiger partial charge >= 0.3 is 0 Å². The van der Waals surface area contributed by atoms with E-state index < -0.39 is 0 Å². The lowest BCUT2D eigenvalue weighted by Crippen LogP contribution is -2.31. The molecule has 14 heavy (non-hydrogen) atoms. The third kappa shape index (κ3) is 2.15. The predicted molar refractivity (Wildman–Crippen MR) is 65.3 cm³/mol. The summed E-state index contributed by atoms with van der Waals surface area (Å²) in [6, 6.07) is 3.43. The van der Waals surface area contributed by atoms with Crippen LogP contribution >= 0.6 is 23.1 Å². The Labute approximate surface area is 94.3 Å². The summed E-state index contributed by atoms with van der Waals surface area (Å²) >= 11 is 3.91. The number of thioether (sulfide) groups is 1. The van der Waals surface area contributed by atoms with Crippen molar-refractivity contribution in [2.24, 2.45) is 0 Å². The fourth-order valence-corrected chi connectivity index (χ4v) is 4.48. The molecule has 0 bridgehead atoms. The molecule has 0 saturated carbocycles. The van der Waals surface area contributed by atoms with Crippen LogP contribution in [0, 0.1) is 0 Å². The van der Waals surface area contributed by atoms with Gasteiger partial charge in [-0.2, -0.15) is 0 Å². The van der Waals surface area contributed by atoms with Crippen LogP contribution < -0.4 is 5.32 Å². The van der Waals surface area contributed by atoms with Gasteiger partial charge in [-0.25, -0.2) is 0 Å². The largest absolute Gasteiger partial charge is 0.308 e. The fourth-order valence-electron chi connectivity index (χ4n) is 1.91. The van der Waals surface area contributed by atoms with Crippen LogP contribution in [0.25, 0.3) is 0 Å². The Kier molecular flexibility index (Phi) is 3.20. The van der Waals surface area contributed by atoms with Gasteiger partial charge in [0.15, 0.2) is 0 Å². The van der Waals surface area contributed by atoms with Crippen LogP contribution in [0.3, 0.4) is 0 Å². The van der Waals surface area contributed by atoms with Gasteiger partial charge in [0.05, 0.1) is 4.21 Å². The van der Waals surface area contributed by atoms with Crippen LogP contribution in [0.1, 0.15) is 38.8 Å². The summed E-state index contributed by atoms with van der Waals surface area (Å²) in [5, 5.41) is 6.61. The molecular weight excluding hydrogens is 210 g/mol. The monoisotopic (exact) mass is 227 g/mol. The summed E-state index contributed by atoms with van der Waals surface area (Å²) in [6.45, 7) is 6.76. The highest BCUT2D eigenvalue weighted by Crippen LogP contribution is 2.43. The Balaban J connectivity index is 2.19. The zero-order chi connectivity index (χ0) is 10.1. The first-order chi connectivity index (χ1) is 6.66. The van der Waals surface area contributed by atoms with Crippen molar-refractivity contribution in [1.82, 2.24) is 5.32 Å². The van der Waals surface area contributed by atoms with Gasteiger partial charge in [0, 0.05) is 17.3 Å². The summed E-state index contributed by atoms with van der Waals surface area (Å²) in [5.41, 5.74) is 1.52. The quantitative estimate of drug-likeness (QED) is 0.827. The molecule has 0 aliphatic carbocycles. The summed E-state index contributed by atoms with van der Waals surface area (Å²) in [4.78, 5) is 0. The van der Waals surface area contributed by atoms with Crippen molar-refractivity contribution in [3.05, 3.63) is 17.0 Å². The Hall–Kier alpha value is 0.0100. The third-order valence-corrected chi connectivity index (χ3v) is 4.79. The maximum Gasteiger partial charge on any atom is 0.0649 e. The van der Waals surface area contributed by atoms with Crippen molar-refractivity contribution in [2.75, 3.05) is 0 Å². The fraction of sp³-hybridized carbons (Fsp3) is 0.636. The van der Waals surface area contributed by atoms with Gasteiger partial charge in [0.25, 0.3) is 0 Å². The number of hydrogen-bond acceptors (Lipinski definition) is 3. The number of fused-ring (bicyclic) bond motifs is 1. The van der Waals surface area contributed by atoms with Crippen molar-refractivity contribution < 1.29 is 0 Å². The Morgan fingerprint density at radius 1 is 1.50 bits per heavy atom. The van der Waals surface area contributed by atoms with E-state index in [0.717, 1.165) is 5.25 Å². The highest BCUT2D eigenvalue weighted by Gasteiger charge is 2.26. The van der Waals surface area contributed by atoms with Crippen LogP contribution in [-0.2, 0) is 0 Å². The second-order valence-corrected chi connectivity index (χ2v) is 6.82. The molecule has 0 amide bonds. The first-order valence-electron chi connectivity index (χ1n) is 5.17. The zero-order valence-corrected chi connectivity index (χ0v) is 10.5. The summed E-state index contributed by atoms with van der Waals surface area (Å²) < 4.78 is 1.52. The molecule has 1 aromatic rings. The highest BCUT2D eigenvalue weighted by molar-refractivity contribution is 8.01. The van der Waals surface area contributed by atoms with Gasteiger partial charge < -0.3 is 5.32 Å². The molecule has 1 aliphatic heterocycles. The molecule has 1 nitrogen and oxygen atoms in total. The minimum atomic E-state index is 0.572. The highest BCUT2D eigenvalue weighted by atomic mass is 32.2. The van der Waals surface area contributed by atoms with E-state index in [9.17, 15) is 0 Å². The lowest BCUT2D eigenvalue weighted by atomic mass is 10.0. The van der Waals surface area contributed by atoms with Crippen molar-refractivity contribution in [2.45, 2.75) is 48.7 Å². The smallest absolute Gasteiger partial charge is 0.0649 e. The second-order valence-electron chi connectivity index (χ2n) is 4.20. The molecule has 2 heterocycles. The van der Waals surface area contributed by atoms with Crippen LogP contribution in [0.15, 0.2) is 15.7 Å². The topological polar surface area (TPSA) is 12.0 Å². The number of hydrogen-bond donors (Lipinski definition) is 1. The van der Waals surface area contributed by atoms with E-state index in [1.54, 1.807) is 0 Å². The lowest BCUT2D eigenvalue weighted by molar-refractivity contribution is 0.444. The number of nitrogens with one attached hydrogen (secondary N) is 1. The van der Waals surface area contributed by atoms with Gasteiger partial charge in [-0.1, -0.05) is 20.8 Å². The van der Waals surface area contributed by atoms with E-state index in [4.69, 9.17) is 0 Å². The minimum absolute atomic E-state index is 0.572. The molecule has 1 N–H and O–H groups in total. The van der Waals surface area contributed by atoms with E-state index in [1.807, 2.05) is 23.1 Å². The van der Waals surface area contributed by atoms with Crippen molar-refractivity contribution >= 4 is 23.1 Å². The molecule has 2 rings (SSSR count). The zero-order valence-electron chi connectivity index (χ0n) is 8.91. The Morgan fingerprint density at radius 3 is 3.00 bits per heavy atom. The third-order valence-electron chi connectivity index (χ3n) is 2.44. The lowest BCUT2D eigenvalue weighted by Gasteiger charge is -2.29. The summed E-state index contributed by atoms with van der Waals surface area (Å²) in [7, 11) is 0. The first kappa shape index (κ1) is 10.5. The van der Waals surface area contributed by atoms with Crippen LogP contribution in [0.4, 0.5) is 0 Å². The predicted octanol–water partition coefficient (Wildman–Crippen LogP) is 3.67. The maximum atomic E-state index is 3.65. The van der Waals surface area contributed by atoms with Gasteiger partial charge in [-0.05, 0) is 23.4 Å². The summed E-state index contributed by atoms with van der Waals surface area (Å²) in [6.07, 6.45) is 1.26. The SMILES string of the molecule is CC(C)NC1C[C@H](C)Sc2sccc21. The molecule has 0 radical (unpaired) electrons. The molecule has 1 unspecified atom stereocenters. The molecule has 0 spiro atoms. The van der Waals surface area contributed by atoms with Crippen molar-refractivity contribution in [3.8, 4) is 0 Å². The van der Waals surface area contributed by atoms with E-state index in [0.29, 0.717) is 12.1 Å². The van der Waals surface area contributed by atoms with Crippen molar-refractivity contribution in [1.29, 1.82) is 0 Å². The molecule has 0 aromatic carbocycles. The minimum Gasteiger partial charge on any atom is -0.308 e. The van der Waals surface area contributed by atoms with E-state index in [2.05, 4.69) is 37.5 Å². The molecule has 0 fully saturated rings. The van der Waals surface area contributed by atoms with E-state index in [1.165, 1.54) is 16.2 Å². The van der Waals surface area contributed by atoms with Gasteiger partial charge in [-0.15, -0.1) is 23.1 Å². The van der Waals surface area contributed by atoms with E-state index in [-0.39, 0.29) is 0 Å². The maximum absolute atomic E-state index is 3.65. The second kappa shape index (κ2) is 4.25. The van der Waals surface area contributed by atoms with Crippen LogP contribution in [0.5, 0.6) is 0 Å². The molecule has 78 valence electrons. The Morgan fingerprint density at radius 2 is 2.29 bits per heavy atom. The molecular formula is C11H17NS2. The number of thiophene rings is 1.